The van der Waals surface area contributed by atoms with Crippen molar-refractivity contribution in [1.82, 2.24) is 0 Å². The van der Waals surface area contributed by atoms with Crippen LogP contribution in [0.15, 0.2) is 24.3 Å². The van der Waals surface area contributed by atoms with Gasteiger partial charge < -0.3 is 20.5 Å². The van der Waals surface area contributed by atoms with Crippen LogP contribution in [0.3, 0.4) is 0 Å². The number of carbonyl (C=O) groups excluding carboxylic acids is 2. The summed E-state index contributed by atoms with van der Waals surface area (Å²) < 4.78 is 10.0. The molecule has 1 rings (SSSR count). The Hall–Kier alpha value is -1.92. The van der Waals surface area contributed by atoms with E-state index >= 15 is 0 Å². The highest BCUT2D eigenvalue weighted by molar-refractivity contribution is 5.93. The number of esters is 1. The lowest BCUT2D eigenvalue weighted by Gasteiger charge is -2.07. The molecule has 0 atom stereocenters. The monoisotopic (exact) mass is 280 g/mol. The van der Waals surface area contributed by atoms with Crippen LogP contribution < -0.4 is 11.1 Å². The number of anilines is 1. The molecule has 0 unspecified atom stereocenters. The van der Waals surface area contributed by atoms with Gasteiger partial charge in [-0.15, -0.1) is 0 Å². The maximum atomic E-state index is 11.6. The minimum absolute atomic E-state index is 0.0442. The van der Waals surface area contributed by atoms with E-state index in [1.54, 1.807) is 24.3 Å². The number of hydrogen-bond donors (Lipinski definition) is 2. The first-order chi connectivity index (χ1) is 9.67. The molecule has 1 aromatic rings. The second kappa shape index (κ2) is 9.06. The van der Waals surface area contributed by atoms with Crippen LogP contribution in [0, 0.1) is 0 Å². The SMILES string of the molecule is CCCOC(=O)c1ccc(NC(=O)COCCN)cc1. The Balaban J connectivity index is 2.45. The van der Waals surface area contributed by atoms with E-state index in [1.165, 1.54) is 0 Å². The Labute approximate surface area is 118 Å². The van der Waals surface area contributed by atoms with Crippen LogP contribution in [0.25, 0.3) is 0 Å². The number of ether oxygens (including phenoxy) is 2. The minimum Gasteiger partial charge on any atom is -0.462 e. The zero-order valence-corrected chi connectivity index (χ0v) is 11.6. The van der Waals surface area contributed by atoms with Gasteiger partial charge in [0.05, 0.1) is 18.8 Å². The highest BCUT2D eigenvalue weighted by Crippen LogP contribution is 2.10. The second-order valence-electron chi connectivity index (χ2n) is 4.10. The third kappa shape index (κ3) is 5.81. The number of amides is 1. The van der Waals surface area contributed by atoms with Gasteiger partial charge >= 0.3 is 5.97 Å². The van der Waals surface area contributed by atoms with E-state index in [-0.39, 0.29) is 18.5 Å². The molecule has 1 aromatic carbocycles. The van der Waals surface area contributed by atoms with Gasteiger partial charge in [-0.25, -0.2) is 4.79 Å². The van der Waals surface area contributed by atoms with Gasteiger partial charge in [-0.05, 0) is 30.7 Å². The van der Waals surface area contributed by atoms with E-state index in [0.29, 0.717) is 31.0 Å². The smallest absolute Gasteiger partial charge is 0.338 e. The number of nitrogens with two attached hydrogens (primary N) is 1. The maximum absolute atomic E-state index is 11.6. The summed E-state index contributed by atoms with van der Waals surface area (Å²) in [5.74, 6) is -0.629. The van der Waals surface area contributed by atoms with E-state index in [0.717, 1.165) is 6.42 Å². The van der Waals surface area contributed by atoms with Crippen LogP contribution in [-0.4, -0.2) is 38.2 Å². The van der Waals surface area contributed by atoms with Crippen molar-refractivity contribution in [3.05, 3.63) is 29.8 Å². The molecule has 0 aliphatic heterocycles. The van der Waals surface area contributed by atoms with Crippen molar-refractivity contribution in [2.45, 2.75) is 13.3 Å². The van der Waals surface area contributed by atoms with Gasteiger partial charge in [-0.2, -0.15) is 0 Å². The zero-order chi connectivity index (χ0) is 14.8. The molecule has 3 N–H and O–H groups in total. The molecule has 110 valence electrons. The molecule has 0 radical (unpaired) electrons. The van der Waals surface area contributed by atoms with Crippen molar-refractivity contribution >= 4 is 17.6 Å². The first kappa shape index (κ1) is 16.1. The third-order valence-electron chi connectivity index (χ3n) is 2.34. The predicted octanol–water partition coefficient (Wildman–Crippen LogP) is 1.17. The van der Waals surface area contributed by atoms with Crippen molar-refractivity contribution in [3.63, 3.8) is 0 Å². The van der Waals surface area contributed by atoms with E-state index in [1.807, 2.05) is 6.92 Å². The van der Waals surface area contributed by atoms with Crippen molar-refractivity contribution in [2.24, 2.45) is 5.73 Å². The zero-order valence-electron chi connectivity index (χ0n) is 11.6. The summed E-state index contributed by atoms with van der Waals surface area (Å²) in [6.07, 6.45) is 0.780. The Morgan fingerprint density at radius 3 is 2.50 bits per heavy atom. The fourth-order valence-corrected chi connectivity index (χ4v) is 1.41. The van der Waals surface area contributed by atoms with Crippen LogP contribution in [-0.2, 0) is 14.3 Å². The van der Waals surface area contributed by atoms with Crippen LogP contribution in [0.5, 0.6) is 0 Å². The third-order valence-corrected chi connectivity index (χ3v) is 2.34. The molecule has 0 saturated heterocycles. The number of rotatable bonds is 8. The van der Waals surface area contributed by atoms with Crippen LogP contribution in [0.4, 0.5) is 5.69 Å². The number of nitrogens with one attached hydrogen (secondary N) is 1. The van der Waals surface area contributed by atoms with Crippen LogP contribution in [0.1, 0.15) is 23.7 Å². The Kier molecular flexibility index (Phi) is 7.31. The van der Waals surface area contributed by atoms with E-state index in [4.69, 9.17) is 15.2 Å². The molecule has 6 heteroatoms. The molecular weight excluding hydrogens is 260 g/mol. The summed E-state index contributed by atoms with van der Waals surface area (Å²) in [5.41, 5.74) is 6.30. The largest absolute Gasteiger partial charge is 0.462 e. The van der Waals surface area contributed by atoms with E-state index in [9.17, 15) is 9.59 Å². The Bertz CT molecular complexity index is 431. The van der Waals surface area contributed by atoms with Crippen LogP contribution >= 0.6 is 0 Å². The highest BCUT2D eigenvalue weighted by atomic mass is 16.5. The number of benzene rings is 1. The van der Waals surface area contributed by atoms with Gasteiger partial charge in [0.2, 0.25) is 5.91 Å². The second-order valence-corrected chi connectivity index (χ2v) is 4.10. The molecular formula is C14H20N2O4. The van der Waals surface area contributed by atoms with Crippen molar-refractivity contribution in [2.75, 3.05) is 31.7 Å². The van der Waals surface area contributed by atoms with Crippen molar-refractivity contribution in [3.8, 4) is 0 Å². The molecule has 0 aliphatic carbocycles. The van der Waals surface area contributed by atoms with Gasteiger partial charge in [0.15, 0.2) is 0 Å². The molecule has 0 saturated carbocycles. The molecule has 0 spiro atoms. The fraction of sp³-hybridized carbons (Fsp3) is 0.429. The molecule has 0 aliphatic rings. The molecule has 0 aromatic heterocycles. The molecule has 6 nitrogen and oxygen atoms in total. The molecule has 20 heavy (non-hydrogen) atoms. The molecule has 0 fully saturated rings. The normalized spacial score (nSPS) is 10.1. The van der Waals surface area contributed by atoms with Crippen molar-refractivity contribution < 1.29 is 19.1 Å². The number of hydrogen-bond acceptors (Lipinski definition) is 5. The van der Waals surface area contributed by atoms with Crippen LogP contribution in [0.2, 0.25) is 0 Å². The quantitative estimate of drug-likeness (QED) is 0.551. The lowest BCUT2D eigenvalue weighted by Crippen LogP contribution is -2.20. The molecule has 0 bridgehead atoms. The van der Waals surface area contributed by atoms with Gasteiger partial charge in [-0.1, -0.05) is 6.92 Å². The summed E-state index contributed by atoms with van der Waals surface area (Å²) in [5, 5.41) is 2.65. The summed E-state index contributed by atoms with van der Waals surface area (Å²) in [6, 6.07) is 6.50. The average molecular weight is 280 g/mol. The van der Waals surface area contributed by atoms with Gasteiger partial charge in [-0.3, -0.25) is 4.79 Å². The van der Waals surface area contributed by atoms with Crippen molar-refractivity contribution in [1.29, 1.82) is 0 Å². The van der Waals surface area contributed by atoms with E-state index in [2.05, 4.69) is 5.32 Å². The maximum Gasteiger partial charge on any atom is 0.338 e. The summed E-state index contributed by atoms with van der Waals surface area (Å²) in [7, 11) is 0. The Morgan fingerprint density at radius 1 is 1.20 bits per heavy atom. The Morgan fingerprint density at radius 2 is 1.90 bits per heavy atom. The highest BCUT2D eigenvalue weighted by Gasteiger charge is 2.07. The first-order valence-corrected chi connectivity index (χ1v) is 6.52. The van der Waals surface area contributed by atoms with E-state index < -0.39 is 0 Å². The van der Waals surface area contributed by atoms with Gasteiger partial charge in [0.25, 0.3) is 0 Å². The summed E-state index contributed by atoms with van der Waals surface area (Å²) >= 11 is 0. The molecule has 0 heterocycles. The average Bonchev–Trinajstić information content (AvgIpc) is 2.46. The standard InChI is InChI=1S/C14H20N2O4/c1-2-8-20-14(18)11-3-5-12(6-4-11)16-13(17)10-19-9-7-15/h3-6H,2,7-10,15H2,1H3,(H,16,17). The molecule has 1 amide bonds. The predicted molar refractivity (Wildman–Crippen MR) is 75.5 cm³/mol. The topological polar surface area (TPSA) is 90.6 Å². The fourth-order valence-electron chi connectivity index (χ4n) is 1.41. The summed E-state index contributed by atoms with van der Waals surface area (Å²) in [6.45, 7) is 3.00. The summed E-state index contributed by atoms with van der Waals surface area (Å²) in [4.78, 5) is 23.0. The lowest BCUT2D eigenvalue weighted by atomic mass is 10.2. The lowest BCUT2D eigenvalue weighted by molar-refractivity contribution is -0.120. The first-order valence-electron chi connectivity index (χ1n) is 6.52. The minimum atomic E-state index is -0.365. The van der Waals surface area contributed by atoms with Gasteiger partial charge in [0, 0.05) is 12.2 Å². The number of carbonyl (C=O) groups is 2. The van der Waals surface area contributed by atoms with Gasteiger partial charge in [0.1, 0.15) is 6.61 Å².